The molecule has 3 aromatic heterocycles. The lowest BCUT2D eigenvalue weighted by Crippen LogP contribution is -1.97. The Morgan fingerprint density at radius 3 is 3.05 bits per heavy atom. The van der Waals surface area contributed by atoms with Crippen molar-refractivity contribution in [2.24, 2.45) is 0 Å². The second kappa shape index (κ2) is 4.72. The van der Waals surface area contributed by atoms with Crippen LogP contribution in [0.15, 0.2) is 12.1 Å². The van der Waals surface area contributed by atoms with Gasteiger partial charge in [0, 0.05) is 16.7 Å². The molecule has 4 nitrogen and oxygen atoms in total. The van der Waals surface area contributed by atoms with Crippen molar-refractivity contribution in [1.29, 1.82) is 0 Å². The Kier molecular flexibility index (Phi) is 2.98. The van der Waals surface area contributed by atoms with Crippen LogP contribution in [0.4, 0.5) is 0 Å². The molecule has 4 rings (SSSR count). The van der Waals surface area contributed by atoms with Gasteiger partial charge >= 0.3 is 0 Å². The quantitative estimate of drug-likeness (QED) is 0.642. The van der Waals surface area contributed by atoms with Crippen LogP contribution in [0.25, 0.3) is 16.3 Å². The van der Waals surface area contributed by atoms with Gasteiger partial charge in [-0.05, 0) is 30.7 Å². The maximum absolute atomic E-state index is 5.97. The number of rotatable bonds is 1. The van der Waals surface area contributed by atoms with Gasteiger partial charge in [0.2, 0.25) is 0 Å². The smallest absolute Gasteiger partial charge is 0.179 e. The SMILES string of the molecule is Cc1nc(Cl)cc2nnc(-c3cc4c(s3)CCSC4)n12. The minimum Gasteiger partial charge on any atom is -0.262 e. The normalized spacial score (nSPS) is 14.7. The van der Waals surface area contributed by atoms with Crippen molar-refractivity contribution in [2.45, 2.75) is 19.1 Å². The second-order valence-corrected chi connectivity index (χ2v) is 7.33. The van der Waals surface area contributed by atoms with E-state index in [-0.39, 0.29) is 0 Å². The summed E-state index contributed by atoms with van der Waals surface area (Å²) in [5.74, 6) is 3.99. The Morgan fingerprint density at radius 1 is 1.30 bits per heavy atom. The highest BCUT2D eigenvalue weighted by Gasteiger charge is 2.18. The lowest BCUT2D eigenvalue weighted by Gasteiger charge is -2.08. The fourth-order valence-electron chi connectivity index (χ4n) is 2.47. The number of fused-ring (bicyclic) bond motifs is 2. The maximum atomic E-state index is 5.97. The van der Waals surface area contributed by atoms with Crippen molar-refractivity contribution < 1.29 is 0 Å². The fourth-order valence-corrected chi connectivity index (χ4v) is 5.04. The zero-order valence-electron chi connectivity index (χ0n) is 10.8. The first-order valence-corrected chi connectivity index (χ1v) is 8.65. The number of nitrogens with zero attached hydrogens (tertiary/aromatic N) is 4. The van der Waals surface area contributed by atoms with Crippen LogP contribution in [0.1, 0.15) is 16.3 Å². The molecule has 1 aliphatic rings. The van der Waals surface area contributed by atoms with Crippen LogP contribution in [0.5, 0.6) is 0 Å². The number of halogens is 1. The monoisotopic (exact) mass is 322 g/mol. The Bertz CT molecular complexity index is 785. The molecule has 0 radical (unpaired) electrons. The van der Waals surface area contributed by atoms with Crippen molar-refractivity contribution in [1.82, 2.24) is 19.6 Å². The molecule has 0 saturated carbocycles. The highest BCUT2D eigenvalue weighted by Crippen LogP contribution is 2.36. The Morgan fingerprint density at radius 2 is 2.20 bits per heavy atom. The highest BCUT2D eigenvalue weighted by molar-refractivity contribution is 7.98. The van der Waals surface area contributed by atoms with E-state index in [0.717, 1.165) is 34.3 Å². The predicted octanol–water partition coefficient (Wildman–Crippen LogP) is 3.60. The second-order valence-electron chi connectivity index (χ2n) is 4.70. The van der Waals surface area contributed by atoms with Crippen LogP contribution < -0.4 is 0 Å². The fraction of sp³-hybridized carbons (Fsp3) is 0.308. The summed E-state index contributed by atoms with van der Waals surface area (Å²) < 4.78 is 1.97. The van der Waals surface area contributed by atoms with Crippen molar-refractivity contribution >= 4 is 40.3 Å². The van der Waals surface area contributed by atoms with E-state index in [0.29, 0.717) is 5.15 Å². The summed E-state index contributed by atoms with van der Waals surface area (Å²) in [6.07, 6.45) is 1.16. The number of hydrogen-bond acceptors (Lipinski definition) is 5. The molecule has 0 N–H and O–H groups in total. The number of thioether (sulfide) groups is 1. The molecular weight excluding hydrogens is 312 g/mol. The number of hydrogen-bond donors (Lipinski definition) is 0. The van der Waals surface area contributed by atoms with E-state index in [1.165, 1.54) is 16.2 Å². The molecule has 0 unspecified atom stereocenters. The van der Waals surface area contributed by atoms with Crippen LogP contribution in [-0.2, 0) is 12.2 Å². The number of aromatic nitrogens is 4. The van der Waals surface area contributed by atoms with Crippen molar-refractivity contribution in [2.75, 3.05) is 5.75 Å². The van der Waals surface area contributed by atoms with E-state index in [2.05, 4.69) is 21.2 Å². The van der Waals surface area contributed by atoms with Crippen LogP contribution in [0.3, 0.4) is 0 Å². The van der Waals surface area contributed by atoms with Gasteiger partial charge in [-0.3, -0.25) is 4.40 Å². The molecule has 0 aliphatic carbocycles. The third kappa shape index (κ3) is 1.94. The third-order valence-corrected chi connectivity index (χ3v) is 5.81. The largest absolute Gasteiger partial charge is 0.262 e. The van der Waals surface area contributed by atoms with Crippen molar-refractivity contribution in [3.8, 4) is 10.7 Å². The van der Waals surface area contributed by atoms with Gasteiger partial charge in [0.05, 0.1) is 4.88 Å². The molecule has 3 aromatic rings. The Hall–Kier alpha value is -1.11. The van der Waals surface area contributed by atoms with Crippen LogP contribution >= 0.6 is 34.7 Å². The minimum absolute atomic E-state index is 0.454. The van der Waals surface area contributed by atoms with Crippen molar-refractivity contribution in [3.05, 3.63) is 33.6 Å². The van der Waals surface area contributed by atoms with Gasteiger partial charge in [-0.2, -0.15) is 11.8 Å². The molecule has 0 bridgehead atoms. The maximum Gasteiger partial charge on any atom is 0.179 e. The molecule has 0 amide bonds. The lowest BCUT2D eigenvalue weighted by atomic mass is 10.2. The summed E-state index contributed by atoms with van der Waals surface area (Å²) in [4.78, 5) is 6.94. The van der Waals surface area contributed by atoms with E-state index in [1.807, 2.05) is 34.4 Å². The molecule has 7 heteroatoms. The van der Waals surface area contributed by atoms with Gasteiger partial charge in [0.15, 0.2) is 11.5 Å². The summed E-state index contributed by atoms with van der Waals surface area (Å²) in [6, 6.07) is 3.99. The molecular formula is C13H11ClN4S2. The van der Waals surface area contributed by atoms with Gasteiger partial charge in [-0.25, -0.2) is 4.98 Å². The summed E-state index contributed by atoms with van der Waals surface area (Å²) >= 11 is 9.78. The zero-order chi connectivity index (χ0) is 13.7. The van der Waals surface area contributed by atoms with Gasteiger partial charge < -0.3 is 0 Å². The average Bonchev–Trinajstić information content (AvgIpc) is 3.00. The van der Waals surface area contributed by atoms with E-state index in [9.17, 15) is 0 Å². The van der Waals surface area contributed by atoms with E-state index < -0.39 is 0 Å². The molecule has 0 saturated heterocycles. The first-order chi connectivity index (χ1) is 9.72. The molecule has 0 fully saturated rings. The lowest BCUT2D eigenvalue weighted by molar-refractivity contribution is 0.990. The van der Waals surface area contributed by atoms with Crippen LogP contribution in [-0.4, -0.2) is 25.3 Å². The van der Waals surface area contributed by atoms with Crippen LogP contribution in [0, 0.1) is 6.92 Å². The summed E-state index contributed by atoms with van der Waals surface area (Å²) in [5, 5.41) is 9.00. The molecule has 0 aromatic carbocycles. The third-order valence-electron chi connectivity index (χ3n) is 3.38. The first kappa shape index (κ1) is 12.6. The number of thiophene rings is 1. The topological polar surface area (TPSA) is 43.1 Å². The van der Waals surface area contributed by atoms with Gasteiger partial charge in [-0.15, -0.1) is 21.5 Å². The zero-order valence-corrected chi connectivity index (χ0v) is 13.1. The molecule has 0 spiro atoms. The molecule has 1 aliphatic heterocycles. The average molecular weight is 323 g/mol. The summed E-state index contributed by atoms with van der Waals surface area (Å²) in [7, 11) is 0. The molecule has 102 valence electrons. The minimum atomic E-state index is 0.454. The van der Waals surface area contributed by atoms with Crippen molar-refractivity contribution in [3.63, 3.8) is 0 Å². The predicted molar refractivity (Wildman–Crippen MR) is 83.7 cm³/mol. The Balaban J connectivity index is 1.92. The van der Waals surface area contributed by atoms with Gasteiger partial charge in [-0.1, -0.05) is 11.6 Å². The van der Waals surface area contributed by atoms with Crippen LogP contribution in [0.2, 0.25) is 5.15 Å². The summed E-state index contributed by atoms with van der Waals surface area (Å²) in [5.41, 5.74) is 2.19. The van der Waals surface area contributed by atoms with E-state index >= 15 is 0 Å². The molecule has 20 heavy (non-hydrogen) atoms. The van der Waals surface area contributed by atoms with E-state index in [1.54, 1.807) is 6.07 Å². The summed E-state index contributed by atoms with van der Waals surface area (Å²) in [6.45, 7) is 1.93. The highest BCUT2D eigenvalue weighted by atomic mass is 35.5. The Labute approximate surface area is 129 Å². The number of aryl methyl sites for hydroxylation is 2. The first-order valence-electron chi connectivity index (χ1n) is 6.30. The standard InChI is InChI=1S/C13H11ClN4S2/c1-7-15-11(14)5-12-16-17-13(18(7)12)10-4-8-6-19-3-2-9(8)20-10/h4-5H,2-3,6H2,1H3. The van der Waals surface area contributed by atoms with Gasteiger partial charge in [0.25, 0.3) is 0 Å². The molecule has 0 atom stereocenters. The van der Waals surface area contributed by atoms with Gasteiger partial charge in [0.1, 0.15) is 11.0 Å². The van der Waals surface area contributed by atoms with E-state index in [4.69, 9.17) is 11.6 Å². The molecule has 4 heterocycles.